The zero-order valence-electron chi connectivity index (χ0n) is 11.0. The van der Waals surface area contributed by atoms with Gasteiger partial charge in [-0.3, -0.25) is 14.9 Å². The van der Waals surface area contributed by atoms with E-state index in [1.807, 2.05) is 0 Å². The molecule has 0 aliphatic rings. The molecule has 0 saturated heterocycles. The average molecular weight is 351 g/mol. The number of rotatable bonds is 4. The summed E-state index contributed by atoms with van der Waals surface area (Å²) >= 11 is 3.30. The van der Waals surface area contributed by atoms with Crippen molar-refractivity contribution in [2.75, 3.05) is 12.4 Å². The van der Waals surface area contributed by atoms with Crippen LogP contribution in [0.4, 0.5) is 11.4 Å². The molecule has 0 fully saturated rings. The first-order valence-corrected chi connectivity index (χ1v) is 6.70. The van der Waals surface area contributed by atoms with Gasteiger partial charge in [-0.1, -0.05) is 15.9 Å². The van der Waals surface area contributed by atoms with Gasteiger partial charge in [0.25, 0.3) is 11.6 Å². The first kappa shape index (κ1) is 15.0. The average Bonchev–Trinajstić information content (AvgIpc) is 2.48. The summed E-state index contributed by atoms with van der Waals surface area (Å²) in [5.74, 6) is -0.247. The summed E-state index contributed by atoms with van der Waals surface area (Å²) in [5.41, 5.74) is 0.710. The maximum Gasteiger partial charge on any atom is 0.273 e. The van der Waals surface area contributed by atoms with Gasteiger partial charge in [0.1, 0.15) is 5.75 Å². The number of hydrogen-bond acceptors (Lipinski definition) is 4. The molecule has 21 heavy (non-hydrogen) atoms. The predicted octanol–water partition coefficient (Wildman–Crippen LogP) is 3.62. The summed E-state index contributed by atoms with van der Waals surface area (Å²) in [6.45, 7) is 0. The molecule has 0 bridgehead atoms. The van der Waals surface area contributed by atoms with E-state index in [9.17, 15) is 14.9 Å². The van der Waals surface area contributed by atoms with Crippen LogP contribution in [-0.4, -0.2) is 17.9 Å². The van der Waals surface area contributed by atoms with Crippen molar-refractivity contribution in [3.8, 4) is 5.75 Å². The smallest absolute Gasteiger partial charge is 0.273 e. The molecule has 1 N–H and O–H groups in total. The van der Waals surface area contributed by atoms with E-state index in [4.69, 9.17) is 4.74 Å². The number of anilines is 1. The van der Waals surface area contributed by atoms with E-state index >= 15 is 0 Å². The molecule has 7 heteroatoms. The fraction of sp³-hybridized carbons (Fsp3) is 0.0714. The minimum atomic E-state index is -0.543. The zero-order chi connectivity index (χ0) is 15.4. The minimum absolute atomic E-state index is 0.132. The van der Waals surface area contributed by atoms with E-state index in [2.05, 4.69) is 21.2 Å². The number of nitro groups is 1. The highest BCUT2D eigenvalue weighted by Crippen LogP contribution is 2.25. The summed E-state index contributed by atoms with van der Waals surface area (Å²) in [4.78, 5) is 22.4. The fourth-order valence-electron chi connectivity index (χ4n) is 1.71. The van der Waals surface area contributed by atoms with Crippen molar-refractivity contribution in [1.82, 2.24) is 0 Å². The molecule has 108 valence electrons. The highest BCUT2D eigenvalue weighted by atomic mass is 79.9. The number of amides is 1. The molecule has 2 aromatic carbocycles. The second kappa shape index (κ2) is 6.36. The Labute approximate surface area is 129 Å². The van der Waals surface area contributed by atoms with Gasteiger partial charge in [-0.05, 0) is 30.3 Å². The van der Waals surface area contributed by atoms with Crippen LogP contribution in [0.1, 0.15) is 10.4 Å². The Balaban J connectivity index is 2.26. The van der Waals surface area contributed by atoms with Crippen LogP contribution >= 0.6 is 15.9 Å². The van der Waals surface area contributed by atoms with Crippen LogP contribution in [0.3, 0.4) is 0 Å². The first-order valence-electron chi connectivity index (χ1n) is 5.90. The Kier molecular flexibility index (Phi) is 4.54. The number of nitrogens with zero attached hydrogens (tertiary/aromatic N) is 1. The lowest BCUT2D eigenvalue weighted by molar-refractivity contribution is -0.384. The molecule has 0 aromatic heterocycles. The van der Waals surface area contributed by atoms with Crippen LogP contribution < -0.4 is 10.1 Å². The lowest BCUT2D eigenvalue weighted by atomic mass is 10.1. The van der Waals surface area contributed by atoms with E-state index in [1.165, 1.54) is 25.3 Å². The third-order valence-corrected chi connectivity index (χ3v) is 3.27. The SMILES string of the molecule is COc1cc([N+](=O)[O-])ccc1C(=O)Nc1ccc(Br)cc1. The Hall–Kier alpha value is -2.41. The lowest BCUT2D eigenvalue weighted by Crippen LogP contribution is -2.13. The molecule has 0 spiro atoms. The number of carbonyl (C=O) groups excluding carboxylic acids is 1. The topological polar surface area (TPSA) is 81.5 Å². The summed E-state index contributed by atoms with van der Waals surface area (Å²) < 4.78 is 5.94. The monoisotopic (exact) mass is 350 g/mol. The van der Waals surface area contributed by atoms with Crippen LogP contribution in [0, 0.1) is 10.1 Å². The lowest BCUT2D eigenvalue weighted by Gasteiger charge is -2.09. The zero-order valence-corrected chi connectivity index (χ0v) is 12.6. The molecule has 1 amide bonds. The number of benzene rings is 2. The van der Waals surface area contributed by atoms with Crippen molar-refractivity contribution in [3.05, 3.63) is 62.6 Å². The van der Waals surface area contributed by atoms with Gasteiger partial charge < -0.3 is 10.1 Å². The van der Waals surface area contributed by atoms with E-state index < -0.39 is 10.8 Å². The maximum atomic E-state index is 12.2. The maximum absolute atomic E-state index is 12.2. The predicted molar refractivity (Wildman–Crippen MR) is 81.7 cm³/mol. The van der Waals surface area contributed by atoms with Gasteiger partial charge in [-0.25, -0.2) is 0 Å². The first-order chi connectivity index (χ1) is 10.0. The van der Waals surface area contributed by atoms with Crippen molar-refractivity contribution >= 4 is 33.2 Å². The summed E-state index contributed by atoms with van der Waals surface area (Å²) in [6.07, 6.45) is 0. The van der Waals surface area contributed by atoms with Crippen molar-refractivity contribution in [3.63, 3.8) is 0 Å². The Morgan fingerprint density at radius 3 is 2.48 bits per heavy atom. The molecule has 0 heterocycles. The molecule has 0 aliphatic carbocycles. The third-order valence-electron chi connectivity index (χ3n) is 2.74. The van der Waals surface area contributed by atoms with Crippen molar-refractivity contribution in [2.45, 2.75) is 0 Å². The number of methoxy groups -OCH3 is 1. The molecular weight excluding hydrogens is 340 g/mol. The molecule has 0 aliphatic heterocycles. The minimum Gasteiger partial charge on any atom is -0.496 e. The number of halogens is 1. The molecule has 0 unspecified atom stereocenters. The van der Waals surface area contributed by atoms with E-state index in [0.717, 1.165) is 4.47 Å². The molecule has 2 aromatic rings. The van der Waals surface area contributed by atoms with Gasteiger partial charge in [0, 0.05) is 16.2 Å². The molecule has 0 saturated carbocycles. The van der Waals surface area contributed by atoms with Crippen LogP contribution in [0.25, 0.3) is 0 Å². The number of non-ortho nitro benzene ring substituents is 1. The summed E-state index contributed by atoms with van der Waals surface area (Å²) in [5, 5.41) is 13.4. The Morgan fingerprint density at radius 2 is 1.90 bits per heavy atom. The third kappa shape index (κ3) is 3.57. The van der Waals surface area contributed by atoms with E-state index in [1.54, 1.807) is 24.3 Å². The number of nitro benzene ring substituents is 1. The van der Waals surface area contributed by atoms with Gasteiger partial charge >= 0.3 is 0 Å². The quantitative estimate of drug-likeness (QED) is 0.674. The van der Waals surface area contributed by atoms with Gasteiger partial charge in [-0.15, -0.1) is 0 Å². The Bertz CT molecular complexity index is 686. The summed E-state index contributed by atoms with van der Waals surface area (Å²) in [6, 6.07) is 10.9. The van der Waals surface area contributed by atoms with Gasteiger partial charge in [0.2, 0.25) is 0 Å². The fourth-order valence-corrected chi connectivity index (χ4v) is 1.98. The largest absolute Gasteiger partial charge is 0.496 e. The normalized spacial score (nSPS) is 10.0. The summed E-state index contributed by atoms with van der Waals surface area (Å²) in [7, 11) is 1.36. The van der Waals surface area contributed by atoms with Crippen LogP contribution in [0.2, 0.25) is 0 Å². The standard InChI is InChI=1S/C14H11BrN2O4/c1-21-13-8-11(17(19)20)6-7-12(13)14(18)16-10-4-2-9(15)3-5-10/h2-8H,1H3,(H,16,18). The molecular formula is C14H11BrN2O4. The molecule has 6 nitrogen and oxygen atoms in total. The van der Waals surface area contributed by atoms with Crippen molar-refractivity contribution in [1.29, 1.82) is 0 Å². The second-order valence-corrected chi connectivity index (χ2v) is 5.02. The van der Waals surface area contributed by atoms with Gasteiger partial charge in [-0.2, -0.15) is 0 Å². The van der Waals surface area contributed by atoms with Crippen molar-refractivity contribution < 1.29 is 14.5 Å². The second-order valence-electron chi connectivity index (χ2n) is 4.10. The number of ether oxygens (including phenoxy) is 1. The highest BCUT2D eigenvalue weighted by Gasteiger charge is 2.16. The molecule has 0 radical (unpaired) electrons. The van der Waals surface area contributed by atoms with Gasteiger partial charge in [0.05, 0.1) is 23.7 Å². The van der Waals surface area contributed by atoms with Crippen LogP contribution in [-0.2, 0) is 0 Å². The van der Waals surface area contributed by atoms with E-state index in [0.29, 0.717) is 5.69 Å². The van der Waals surface area contributed by atoms with Crippen LogP contribution in [0.15, 0.2) is 46.9 Å². The Morgan fingerprint density at radius 1 is 1.24 bits per heavy atom. The molecule has 0 atom stereocenters. The van der Waals surface area contributed by atoms with Crippen molar-refractivity contribution in [2.24, 2.45) is 0 Å². The van der Waals surface area contributed by atoms with Crippen LogP contribution in [0.5, 0.6) is 5.75 Å². The number of hydrogen-bond donors (Lipinski definition) is 1. The van der Waals surface area contributed by atoms with E-state index in [-0.39, 0.29) is 17.0 Å². The molecule has 2 rings (SSSR count). The highest BCUT2D eigenvalue weighted by molar-refractivity contribution is 9.10. The number of carbonyl (C=O) groups is 1. The van der Waals surface area contributed by atoms with Gasteiger partial charge in [0.15, 0.2) is 0 Å². The number of nitrogens with one attached hydrogen (secondary N) is 1.